The molecule has 0 amide bonds. The average molecular weight is 335 g/mol. The predicted octanol–water partition coefficient (Wildman–Crippen LogP) is 3.72. The Bertz CT molecular complexity index is 446. The molecule has 120 valence electrons. The van der Waals surface area contributed by atoms with E-state index in [1.54, 1.807) is 6.07 Å². The summed E-state index contributed by atoms with van der Waals surface area (Å²) < 4.78 is 14.3. The van der Waals surface area contributed by atoms with Gasteiger partial charge in [0.25, 0.3) is 0 Å². The third kappa shape index (κ3) is 4.82. The van der Waals surface area contributed by atoms with Crippen molar-refractivity contribution < 1.29 is 4.39 Å². The van der Waals surface area contributed by atoms with Crippen molar-refractivity contribution in [3.05, 3.63) is 35.1 Å². The summed E-state index contributed by atoms with van der Waals surface area (Å²) in [5.74, 6) is 0.796. The molecule has 1 saturated heterocycles. The maximum absolute atomic E-state index is 14.3. The van der Waals surface area contributed by atoms with Gasteiger partial charge in [-0.3, -0.25) is 4.90 Å². The summed E-state index contributed by atoms with van der Waals surface area (Å²) in [6.45, 7) is 6.06. The van der Waals surface area contributed by atoms with E-state index < -0.39 is 0 Å². The first-order chi connectivity index (χ1) is 9.24. The van der Waals surface area contributed by atoms with Crippen LogP contribution in [0.1, 0.15) is 36.4 Å². The molecule has 1 heterocycles. The largest absolute Gasteiger partial charge is 0.314 e. The minimum absolute atomic E-state index is 0. The van der Waals surface area contributed by atoms with Gasteiger partial charge in [0.15, 0.2) is 0 Å². The quantitative estimate of drug-likeness (QED) is 0.902. The van der Waals surface area contributed by atoms with Gasteiger partial charge in [-0.25, -0.2) is 4.39 Å². The number of halogens is 3. The second kappa shape index (κ2) is 8.33. The fraction of sp³-hybridized carbons (Fsp3) is 0.625. The first-order valence-corrected chi connectivity index (χ1v) is 7.45. The van der Waals surface area contributed by atoms with Gasteiger partial charge in [-0.05, 0) is 30.9 Å². The molecule has 0 spiro atoms. The molecule has 0 aromatic heterocycles. The van der Waals surface area contributed by atoms with Gasteiger partial charge in [-0.2, -0.15) is 0 Å². The van der Waals surface area contributed by atoms with Crippen LogP contribution in [0.25, 0.3) is 0 Å². The number of benzene rings is 1. The first-order valence-electron chi connectivity index (χ1n) is 7.45. The third-order valence-electron chi connectivity index (χ3n) is 4.36. The van der Waals surface area contributed by atoms with E-state index in [1.165, 1.54) is 12.8 Å². The summed E-state index contributed by atoms with van der Waals surface area (Å²) in [4.78, 5) is 2.46. The molecule has 3 rings (SSSR count). The van der Waals surface area contributed by atoms with Crippen LogP contribution in [0, 0.1) is 18.7 Å². The summed E-state index contributed by atoms with van der Waals surface area (Å²) in [6, 6.07) is 5.99. The van der Waals surface area contributed by atoms with E-state index in [9.17, 15) is 4.39 Å². The van der Waals surface area contributed by atoms with Gasteiger partial charge < -0.3 is 5.32 Å². The Hall–Kier alpha value is -0.350. The van der Waals surface area contributed by atoms with Crippen LogP contribution in [0.5, 0.6) is 0 Å². The molecule has 1 N–H and O–H groups in total. The number of nitrogens with zero attached hydrogens (tertiary/aromatic N) is 1. The fourth-order valence-corrected chi connectivity index (χ4v) is 3.04. The Morgan fingerprint density at radius 2 is 1.90 bits per heavy atom. The van der Waals surface area contributed by atoms with E-state index in [4.69, 9.17) is 0 Å². The normalized spacial score (nSPS) is 20.3. The van der Waals surface area contributed by atoms with Crippen LogP contribution in [0.15, 0.2) is 18.2 Å². The zero-order valence-corrected chi connectivity index (χ0v) is 14.1. The molecule has 2 fully saturated rings. The highest BCUT2D eigenvalue weighted by molar-refractivity contribution is 5.85. The van der Waals surface area contributed by atoms with Gasteiger partial charge in [0.05, 0.1) is 0 Å². The second-order valence-corrected chi connectivity index (χ2v) is 6.01. The van der Waals surface area contributed by atoms with Gasteiger partial charge >= 0.3 is 0 Å². The van der Waals surface area contributed by atoms with Gasteiger partial charge in [0, 0.05) is 37.8 Å². The lowest BCUT2D eigenvalue weighted by Crippen LogP contribution is -2.45. The summed E-state index contributed by atoms with van der Waals surface area (Å²) in [7, 11) is 0. The maximum Gasteiger partial charge on any atom is 0.128 e. The minimum atomic E-state index is -0.0239. The topological polar surface area (TPSA) is 15.3 Å². The van der Waals surface area contributed by atoms with Gasteiger partial charge in [0.2, 0.25) is 0 Å². The number of aryl methyl sites for hydroxylation is 1. The lowest BCUT2D eigenvalue weighted by atomic mass is 9.97. The summed E-state index contributed by atoms with van der Waals surface area (Å²) in [5, 5.41) is 3.38. The number of hydrogen-bond donors (Lipinski definition) is 1. The second-order valence-electron chi connectivity index (χ2n) is 6.01. The van der Waals surface area contributed by atoms with E-state index >= 15 is 0 Å². The lowest BCUT2D eigenvalue weighted by molar-refractivity contribution is 0.157. The van der Waals surface area contributed by atoms with Crippen molar-refractivity contribution in [1.29, 1.82) is 0 Å². The van der Waals surface area contributed by atoms with Crippen molar-refractivity contribution in [2.45, 2.75) is 32.2 Å². The van der Waals surface area contributed by atoms with Crippen molar-refractivity contribution in [3.8, 4) is 0 Å². The molecule has 21 heavy (non-hydrogen) atoms. The van der Waals surface area contributed by atoms with Crippen LogP contribution in [0.4, 0.5) is 4.39 Å². The van der Waals surface area contributed by atoms with E-state index in [0.29, 0.717) is 0 Å². The van der Waals surface area contributed by atoms with Crippen molar-refractivity contribution >= 4 is 24.8 Å². The maximum atomic E-state index is 14.3. The monoisotopic (exact) mass is 334 g/mol. The number of piperazine rings is 1. The van der Waals surface area contributed by atoms with E-state index in [-0.39, 0.29) is 36.7 Å². The van der Waals surface area contributed by atoms with Crippen molar-refractivity contribution in [1.82, 2.24) is 10.2 Å². The SMILES string of the molecule is Cc1ccc([C@@H](CC2CC2)N2CCNCC2)c(F)c1.Cl.Cl. The lowest BCUT2D eigenvalue weighted by Gasteiger charge is -2.35. The van der Waals surface area contributed by atoms with Crippen LogP contribution < -0.4 is 5.32 Å². The molecular formula is C16H25Cl2FN2. The molecule has 2 aliphatic rings. The van der Waals surface area contributed by atoms with Crippen LogP contribution >= 0.6 is 24.8 Å². The molecule has 1 aliphatic heterocycles. The number of rotatable bonds is 4. The number of nitrogens with one attached hydrogen (secondary N) is 1. The van der Waals surface area contributed by atoms with Gasteiger partial charge in [-0.1, -0.05) is 25.0 Å². The molecule has 1 aromatic carbocycles. The standard InChI is InChI=1S/C16H23FN2.2ClH/c1-12-2-5-14(15(17)10-12)16(11-13-3-4-13)19-8-6-18-7-9-19;;/h2,5,10,13,16,18H,3-4,6-9,11H2,1H3;2*1H/t16-;;/m1../s1. The average Bonchev–Trinajstić information content (AvgIpc) is 3.22. The molecule has 0 unspecified atom stereocenters. The molecule has 1 aliphatic carbocycles. The Morgan fingerprint density at radius 3 is 2.48 bits per heavy atom. The van der Waals surface area contributed by atoms with Crippen molar-refractivity contribution in [2.24, 2.45) is 5.92 Å². The summed E-state index contributed by atoms with van der Waals surface area (Å²) in [5.41, 5.74) is 1.91. The first kappa shape index (κ1) is 18.7. The highest BCUT2D eigenvalue weighted by Gasteiger charge is 2.31. The molecule has 5 heteroatoms. The Morgan fingerprint density at radius 1 is 1.24 bits per heavy atom. The zero-order valence-electron chi connectivity index (χ0n) is 12.5. The van der Waals surface area contributed by atoms with E-state index in [0.717, 1.165) is 49.6 Å². The Kier molecular flexibility index (Phi) is 7.41. The van der Waals surface area contributed by atoms with Crippen LogP contribution in [-0.2, 0) is 0 Å². The Labute approximate surface area is 139 Å². The summed E-state index contributed by atoms with van der Waals surface area (Å²) >= 11 is 0. The van der Waals surface area contributed by atoms with Crippen molar-refractivity contribution in [3.63, 3.8) is 0 Å². The van der Waals surface area contributed by atoms with E-state index in [1.807, 2.05) is 19.1 Å². The van der Waals surface area contributed by atoms with Gasteiger partial charge in [0.1, 0.15) is 5.82 Å². The minimum Gasteiger partial charge on any atom is -0.314 e. The molecule has 1 atom stereocenters. The fourth-order valence-electron chi connectivity index (χ4n) is 3.04. The number of hydrogen-bond acceptors (Lipinski definition) is 2. The molecule has 1 saturated carbocycles. The Balaban J connectivity index is 0.00000110. The van der Waals surface area contributed by atoms with Crippen LogP contribution in [-0.4, -0.2) is 31.1 Å². The third-order valence-corrected chi connectivity index (χ3v) is 4.36. The van der Waals surface area contributed by atoms with Gasteiger partial charge in [-0.15, -0.1) is 24.8 Å². The molecule has 1 aromatic rings. The molecular weight excluding hydrogens is 310 g/mol. The zero-order chi connectivity index (χ0) is 13.2. The van der Waals surface area contributed by atoms with E-state index in [2.05, 4.69) is 10.2 Å². The molecule has 0 bridgehead atoms. The van der Waals surface area contributed by atoms with Crippen molar-refractivity contribution in [2.75, 3.05) is 26.2 Å². The smallest absolute Gasteiger partial charge is 0.128 e. The molecule has 2 nitrogen and oxygen atoms in total. The highest BCUT2D eigenvalue weighted by Crippen LogP contribution is 2.40. The predicted molar refractivity (Wildman–Crippen MR) is 90.2 cm³/mol. The van der Waals surface area contributed by atoms with Crippen LogP contribution in [0.2, 0.25) is 0 Å². The highest BCUT2D eigenvalue weighted by atomic mass is 35.5. The van der Waals surface area contributed by atoms with Crippen LogP contribution in [0.3, 0.4) is 0 Å². The summed E-state index contributed by atoms with van der Waals surface area (Å²) in [6.07, 6.45) is 3.78. The molecule has 0 radical (unpaired) electrons.